The van der Waals surface area contributed by atoms with Gasteiger partial charge in [0.15, 0.2) is 0 Å². The van der Waals surface area contributed by atoms with E-state index in [-0.39, 0.29) is 6.03 Å². The maximum atomic E-state index is 12.3. The predicted molar refractivity (Wildman–Crippen MR) is 81.6 cm³/mol. The molecule has 2 amide bonds. The smallest absolute Gasteiger partial charge is 0.321 e. The van der Waals surface area contributed by atoms with Gasteiger partial charge in [0.05, 0.1) is 0 Å². The van der Waals surface area contributed by atoms with Gasteiger partial charge in [0.1, 0.15) is 0 Å². The molecule has 1 aliphatic rings. The molecule has 0 saturated carbocycles. The van der Waals surface area contributed by atoms with Crippen LogP contribution in [-0.2, 0) is 6.54 Å². The first kappa shape index (κ1) is 14.8. The molecule has 20 heavy (non-hydrogen) atoms. The first-order valence-electron chi connectivity index (χ1n) is 7.11. The standard InChI is InChI=1S/C15H24N4O/c1-18(2)14-4-3-9-19(11-14)15(20)17-13-7-5-12(10-16)6-8-13/h5-8,14H,3-4,9-11,16H2,1-2H3,(H,17,20). The number of nitrogens with one attached hydrogen (secondary N) is 1. The van der Waals surface area contributed by atoms with Crippen molar-refractivity contribution in [2.75, 3.05) is 32.5 Å². The molecular formula is C15H24N4O. The number of rotatable bonds is 3. The number of likely N-dealkylation sites (tertiary alicyclic amines) is 1. The highest BCUT2D eigenvalue weighted by atomic mass is 16.2. The van der Waals surface area contributed by atoms with Gasteiger partial charge < -0.3 is 20.9 Å². The number of amides is 2. The number of nitrogens with two attached hydrogens (primary N) is 1. The van der Waals surface area contributed by atoms with Gasteiger partial charge in [0.25, 0.3) is 0 Å². The van der Waals surface area contributed by atoms with Crippen LogP contribution in [0, 0.1) is 0 Å². The number of anilines is 1. The van der Waals surface area contributed by atoms with Gasteiger partial charge >= 0.3 is 6.03 Å². The van der Waals surface area contributed by atoms with Gasteiger partial charge in [-0.2, -0.15) is 0 Å². The topological polar surface area (TPSA) is 61.6 Å². The largest absolute Gasteiger partial charge is 0.326 e. The van der Waals surface area contributed by atoms with Gasteiger partial charge in [-0.15, -0.1) is 0 Å². The van der Waals surface area contributed by atoms with E-state index in [4.69, 9.17) is 5.73 Å². The minimum absolute atomic E-state index is 0.0166. The molecule has 0 aromatic heterocycles. The summed E-state index contributed by atoms with van der Waals surface area (Å²) in [5, 5.41) is 2.95. The molecule has 5 nitrogen and oxygen atoms in total. The van der Waals surface area contributed by atoms with Crippen molar-refractivity contribution in [3.05, 3.63) is 29.8 Å². The maximum absolute atomic E-state index is 12.3. The van der Waals surface area contributed by atoms with Crippen molar-refractivity contribution in [2.45, 2.75) is 25.4 Å². The molecule has 0 radical (unpaired) electrons. The molecule has 1 aliphatic heterocycles. The van der Waals surface area contributed by atoms with Crippen LogP contribution in [0.5, 0.6) is 0 Å². The maximum Gasteiger partial charge on any atom is 0.321 e. The monoisotopic (exact) mass is 276 g/mol. The fourth-order valence-electron chi connectivity index (χ4n) is 2.49. The van der Waals surface area contributed by atoms with E-state index in [0.29, 0.717) is 12.6 Å². The first-order valence-corrected chi connectivity index (χ1v) is 7.11. The fraction of sp³-hybridized carbons (Fsp3) is 0.533. The SMILES string of the molecule is CN(C)C1CCCN(C(=O)Nc2ccc(CN)cc2)C1. The van der Waals surface area contributed by atoms with Crippen LogP contribution < -0.4 is 11.1 Å². The van der Waals surface area contributed by atoms with Crippen molar-refractivity contribution in [1.82, 2.24) is 9.80 Å². The Kier molecular flexibility index (Phi) is 4.98. The van der Waals surface area contributed by atoms with Crippen molar-refractivity contribution in [1.29, 1.82) is 0 Å². The highest BCUT2D eigenvalue weighted by molar-refractivity contribution is 5.89. The lowest BCUT2D eigenvalue weighted by Gasteiger charge is -2.36. The van der Waals surface area contributed by atoms with Crippen molar-refractivity contribution in [2.24, 2.45) is 5.73 Å². The van der Waals surface area contributed by atoms with E-state index in [2.05, 4.69) is 24.3 Å². The van der Waals surface area contributed by atoms with Gasteiger partial charge in [-0.05, 0) is 44.6 Å². The van der Waals surface area contributed by atoms with Crippen LogP contribution >= 0.6 is 0 Å². The van der Waals surface area contributed by atoms with E-state index >= 15 is 0 Å². The number of likely N-dealkylation sites (N-methyl/N-ethyl adjacent to an activating group) is 1. The van der Waals surface area contributed by atoms with Crippen molar-refractivity contribution < 1.29 is 4.79 Å². The van der Waals surface area contributed by atoms with Gasteiger partial charge in [-0.25, -0.2) is 4.79 Å². The molecule has 1 aromatic carbocycles. The molecule has 1 heterocycles. The molecule has 5 heteroatoms. The van der Waals surface area contributed by atoms with E-state index < -0.39 is 0 Å². The molecule has 0 bridgehead atoms. The Morgan fingerprint density at radius 3 is 2.70 bits per heavy atom. The Bertz CT molecular complexity index is 444. The summed E-state index contributed by atoms with van der Waals surface area (Å²) < 4.78 is 0. The van der Waals surface area contributed by atoms with E-state index in [1.165, 1.54) is 0 Å². The minimum Gasteiger partial charge on any atom is -0.326 e. The van der Waals surface area contributed by atoms with E-state index in [1.54, 1.807) is 0 Å². The molecular weight excluding hydrogens is 252 g/mol. The summed E-state index contributed by atoms with van der Waals surface area (Å²) >= 11 is 0. The fourth-order valence-corrected chi connectivity index (χ4v) is 2.49. The summed E-state index contributed by atoms with van der Waals surface area (Å²) in [6, 6.07) is 8.11. The molecule has 1 aromatic rings. The summed E-state index contributed by atoms with van der Waals surface area (Å²) in [5.41, 5.74) is 7.44. The summed E-state index contributed by atoms with van der Waals surface area (Å²) in [4.78, 5) is 16.3. The Balaban J connectivity index is 1.93. The molecule has 110 valence electrons. The molecule has 0 aliphatic carbocycles. The normalized spacial score (nSPS) is 19.2. The van der Waals surface area contributed by atoms with Crippen molar-refractivity contribution >= 4 is 11.7 Å². The third-order valence-electron chi connectivity index (χ3n) is 3.85. The van der Waals surface area contributed by atoms with Gasteiger partial charge in [-0.1, -0.05) is 12.1 Å². The highest BCUT2D eigenvalue weighted by Crippen LogP contribution is 2.16. The third kappa shape index (κ3) is 3.71. The molecule has 1 saturated heterocycles. The third-order valence-corrected chi connectivity index (χ3v) is 3.85. The average molecular weight is 276 g/mol. The average Bonchev–Trinajstić information content (AvgIpc) is 2.48. The first-order chi connectivity index (χ1) is 9.60. The number of piperidine rings is 1. The predicted octanol–water partition coefficient (Wildman–Crippen LogP) is 1.70. The summed E-state index contributed by atoms with van der Waals surface area (Å²) in [6.45, 7) is 2.14. The Morgan fingerprint density at radius 2 is 2.10 bits per heavy atom. The van der Waals surface area contributed by atoms with Crippen molar-refractivity contribution in [3.63, 3.8) is 0 Å². The van der Waals surface area contributed by atoms with E-state index in [1.807, 2.05) is 29.2 Å². The molecule has 1 atom stereocenters. The minimum atomic E-state index is -0.0166. The lowest BCUT2D eigenvalue weighted by Crippen LogP contribution is -2.48. The van der Waals surface area contributed by atoms with Crippen LogP contribution in [-0.4, -0.2) is 49.1 Å². The van der Waals surface area contributed by atoms with Crippen LogP contribution in [0.1, 0.15) is 18.4 Å². The van der Waals surface area contributed by atoms with Gasteiger partial charge in [0.2, 0.25) is 0 Å². The highest BCUT2D eigenvalue weighted by Gasteiger charge is 2.24. The number of benzene rings is 1. The van der Waals surface area contributed by atoms with Crippen LogP contribution in [0.25, 0.3) is 0 Å². The summed E-state index contributed by atoms with van der Waals surface area (Å²) in [5.74, 6) is 0. The number of carbonyl (C=O) groups excluding carboxylic acids is 1. The zero-order chi connectivity index (χ0) is 14.5. The quantitative estimate of drug-likeness (QED) is 0.883. The van der Waals surface area contributed by atoms with Crippen LogP contribution in [0.2, 0.25) is 0 Å². The Morgan fingerprint density at radius 1 is 1.40 bits per heavy atom. The summed E-state index contributed by atoms with van der Waals surface area (Å²) in [7, 11) is 4.13. The van der Waals surface area contributed by atoms with Crippen molar-refractivity contribution in [3.8, 4) is 0 Å². The number of nitrogens with zero attached hydrogens (tertiary/aromatic N) is 2. The summed E-state index contributed by atoms with van der Waals surface area (Å²) in [6.07, 6.45) is 2.21. The Hall–Kier alpha value is -1.59. The van der Waals surface area contributed by atoms with Crippen LogP contribution in [0.15, 0.2) is 24.3 Å². The lowest BCUT2D eigenvalue weighted by molar-refractivity contribution is 0.148. The second-order valence-corrected chi connectivity index (χ2v) is 5.54. The van der Waals surface area contributed by atoms with E-state index in [0.717, 1.165) is 37.2 Å². The second-order valence-electron chi connectivity index (χ2n) is 5.54. The Labute approximate surface area is 120 Å². The van der Waals surface area contributed by atoms with Gasteiger partial charge in [-0.3, -0.25) is 0 Å². The van der Waals surface area contributed by atoms with Crippen LogP contribution in [0.3, 0.4) is 0 Å². The van der Waals surface area contributed by atoms with Gasteiger partial charge in [0, 0.05) is 31.4 Å². The lowest BCUT2D eigenvalue weighted by atomic mass is 10.1. The molecule has 1 unspecified atom stereocenters. The zero-order valence-electron chi connectivity index (χ0n) is 12.3. The second kappa shape index (κ2) is 6.72. The van der Waals surface area contributed by atoms with Crippen LogP contribution in [0.4, 0.5) is 10.5 Å². The molecule has 3 N–H and O–H groups in total. The number of urea groups is 1. The number of carbonyl (C=O) groups is 1. The number of hydrogen-bond acceptors (Lipinski definition) is 3. The molecule has 2 rings (SSSR count). The van der Waals surface area contributed by atoms with E-state index in [9.17, 15) is 4.79 Å². The molecule has 0 spiro atoms. The molecule has 1 fully saturated rings. The zero-order valence-corrected chi connectivity index (χ0v) is 12.3. The number of hydrogen-bond donors (Lipinski definition) is 2.